The number of hydrogen-bond donors (Lipinski definition) is 0. The van der Waals surface area contributed by atoms with E-state index in [0.717, 1.165) is 30.3 Å². The summed E-state index contributed by atoms with van der Waals surface area (Å²) in [5.41, 5.74) is 1.63. The lowest BCUT2D eigenvalue weighted by atomic mass is 9.96. The van der Waals surface area contributed by atoms with Gasteiger partial charge in [-0.25, -0.2) is 14.1 Å². The molecular weight excluding hydrogens is 412 g/mol. The molecule has 2 aliphatic rings. The van der Waals surface area contributed by atoms with Crippen molar-refractivity contribution in [2.75, 3.05) is 19.7 Å². The van der Waals surface area contributed by atoms with Crippen LogP contribution in [0.2, 0.25) is 5.02 Å². The number of pyridine rings is 1. The lowest BCUT2D eigenvalue weighted by Gasteiger charge is -2.32. The number of ether oxygens (including phenoxy) is 1. The first kappa shape index (κ1) is 20.6. The molecule has 0 N–H and O–H groups in total. The van der Waals surface area contributed by atoms with Crippen molar-refractivity contribution in [1.82, 2.24) is 19.7 Å². The smallest absolute Gasteiger partial charge is 0.372 e. The number of hydrogen-bond acceptors (Lipinski definition) is 4. The van der Waals surface area contributed by atoms with Crippen LogP contribution in [0.4, 0.5) is 17.6 Å². The van der Waals surface area contributed by atoms with Gasteiger partial charge in [-0.2, -0.15) is 18.3 Å². The Balaban J connectivity index is 1.55. The Morgan fingerprint density at radius 3 is 2.59 bits per heavy atom. The van der Waals surface area contributed by atoms with Gasteiger partial charge in [0.15, 0.2) is 11.6 Å². The topological polar surface area (TPSA) is 43.2 Å². The van der Waals surface area contributed by atoms with Crippen molar-refractivity contribution in [3.05, 3.63) is 40.6 Å². The minimum atomic E-state index is -4.13. The zero-order valence-electron chi connectivity index (χ0n) is 15.6. The van der Waals surface area contributed by atoms with Crippen molar-refractivity contribution >= 4 is 11.6 Å². The molecular formula is C19H21ClF4N4O. The third kappa shape index (κ3) is 4.57. The van der Waals surface area contributed by atoms with Gasteiger partial charge in [0, 0.05) is 31.0 Å². The molecule has 0 aromatic carbocycles. The van der Waals surface area contributed by atoms with Gasteiger partial charge >= 0.3 is 6.18 Å². The zero-order valence-corrected chi connectivity index (χ0v) is 16.4. The van der Waals surface area contributed by atoms with Crippen molar-refractivity contribution in [2.24, 2.45) is 5.92 Å². The first-order valence-electron chi connectivity index (χ1n) is 9.62. The van der Waals surface area contributed by atoms with Gasteiger partial charge in [0.05, 0.1) is 22.8 Å². The largest absolute Gasteiger partial charge is 0.391 e. The van der Waals surface area contributed by atoms with Crippen LogP contribution >= 0.6 is 11.6 Å². The summed E-state index contributed by atoms with van der Waals surface area (Å²) in [6.45, 7) is 1.88. The number of alkyl halides is 3. The maximum Gasteiger partial charge on any atom is 0.391 e. The van der Waals surface area contributed by atoms with E-state index < -0.39 is 17.9 Å². The van der Waals surface area contributed by atoms with Gasteiger partial charge in [-0.15, -0.1) is 0 Å². The lowest BCUT2D eigenvalue weighted by molar-refractivity contribution is -0.185. The zero-order chi connectivity index (χ0) is 20.6. The van der Waals surface area contributed by atoms with Gasteiger partial charge in [0.25, 0.3) is 0 Å². The molecule has 0 radical (unpaired) electrons. The van der Waals surface area contributed by atoms with Gasteiger partial charge in [0.1, 0.15) is 6.10 Å². The van der Waals surface area contributed by atoms with E-state index in [2.05, 4.69) is 10.1 Å². The number of piperidine rings is 1. The molecule has 0 spiro atoms. The van der Waals surface area contributed by atoms with Crippen LogP contribution in [0.1, 0.15) is 43.0 Å². The fourth-order valence-electron chi connectivity index (χ4n) is 3.92. The maximum absolute atomic E-state index is 13.4. The fourth-order valence-corrected chi connectivity index (χ4v) is 4.06. The molecule has 1 atom stereocenters. The highest BCUT2D eigenvalue weighted by molar-refractivity contribution is 6.30. The minimum absolute atomic E-state index is 0.0556. The summed E-state index contributed by atoms with van der Waals surface area (Å²) >= 11 is 5.86. The van der Waals surface area contributed by atoms with Gasteiger partial charge in [0.2, 0.25) is 0 Å². The Bertz CT molecular complexity index is 858. The summed E-state index contributed by atoms with van der Waals surface area (Å²) in [6, 6.07) is 1.39. The number of aromatic nitrogens is 3. The van der Waals surface area contributed by atoms with E-state index in [1.165, 1.54) is 10.7 Å². The third-order valence-corrected chi connectivity index (χ3v) is 5.82. The molecule has 4 heterocycles. The first-order chi connectivity index (χ1) is 13.8. The second kappa shape index (κ2) is 8.20. The SMILES string of the molecule is Fc1cnc(-n2cc(CN3CCC(C(F)(F)F)CC3)c(C3CCCO3)n2)cc1Cl. The molecule has 0 aliphatic carbocycles. The quantitative estimate of drug-likeness (QED) is 0.658. The highest BCUT2D eigenvalue weighted by atomic mass is 35.5. The van der Waals surface area contributed by atoms with Crippen LogP contribution in [-0.2, 0) is 11.3 Å². The van der Waals surface area contributed by atoms with E-state index in [-0.39, 0.29) is 24.0 Å². The fraction of sp³-hybridized carbons (Fsp3) is 0.579. The Morgan fingerprint density at radius 2 is 1.97 bits per heavy atom. The highest BCUT2D eigenvalue weighted by Crippen LogP contribution is 2.35. The molecule has 29 heavy (non-hydrogen) atoms. The van der Waals surface area contributed by atoms with E-state index in [1.54, 1.807) is 6.20 Å². The molecule has 0 amide bonds. The first-order valence-corrected chi connectivity index (χ1v) is 9.99. The van der Waals surface area contributed by atoms with Crippen LogP contribution in [0.3, 0.4) is 0 Å². The van der Waals surface area contributed by atoms with E-state index >= 15 is 0 Å². The van der Waals surface area contributed by atoms with Gasteiger partial charge in [-0.3, -0.25) is 4.90 Å². The van der Waals surface area contributed by atoms with Gasteiger partial charge in [-0.05, 0) is 38.8 Å². The number of rotatable bonds is 4. The predicted octanol–water partition coefficient (Wildman–Crippen LogP) is 4.69. The molecule has 10 heteroatoms. The summed E-state index contributed by atoms with van der Waals surface area (Å²) in [5, 5.41) is 4.54. The molecule has 5 nitrogen and oxygen atoms in total. The van der Waals surface area contributed by atoms with Crippen LogP contribution < -0.4 is 0 Å². The van der Waals surface area contributed by atoms with Crippen molar-refractivity contribution in [3.8, 4) is 5.82 Å². The average molecular weight is 433 g/mol. The van der Waals surface area contributed by atoms with E-state index in [1.807, 2.05) is 4.90 Å². The summed E-state index contributed by atoms with van der Waals surface area (Å²) in [4.78, 5) is 6.04. The maximum atomic E-state index is 13.4. The molecule has 2 fully saturated rings. The van der Waals surface area contributed by atoms with Crippen LogP contribution in [0.5, 0.6) is 0 Å². The lowest BCUT2D eigenvalue weighted by Crippen LogP contribution is -2.38. The third-order valence-electron chi connectivity index (χ3n) is 5.53. The van der Waals surface area contributed by atoms with Crippen molar-refractivity contribution in [1.29, 1.82) is 0 Å². The molecule has 0 saturated carbocycles. The van der Waals surface area contributed by atoms with E-state index in [4.69, 9.17) is 16.3 Å². The molecule has 2 aliphatic heterocycles. The average Bonchev–Trinajstić information content (AvgIpc) is 3.33. The second-order valence-corrected chi connectivity index (χ2v) is 7.94. The molecule has 1 unspecified atom stereocenters. The van der Waals surface area contributed by atoms with Crippen LogP contribution in [0.15, 0.2) is 18.5 Å². The van der Waals surface area contributed by atoms with E-state index in [9.17, 15) is 17.6 Å². The molecule has 2 saturated heterocycles. The van der Waals surface area contributed by atoms with Crippen LogP contribution in [0.25, 0.3) is 5.82 Å². The second-order valence-electron chi connectivity index (χ2n) is 7.53. The molecule has 2 aromatic rings. The molecule has 2 aromatic heterocycles. The number of halogens is 5. The van der Waals surface area contributed by atoms with E-state index in [0.29, 0.717) is 32.1 Å². The monoisotopic (exact) mass is 432 g/mol. The Kier molecular flexibility index (Phi) is 5.81. The van der Waals surface area contributed by atoms with Crippen LogP contribution in [0, 0.1) is 11.7 Å². The number of nitrogens with zero attached hydrogens (tertiary/aromatic N) is 4. The Morgan fingerprint density at radius 1 is 1.21 bits per heavy atom. The Labute approximate surface area is 170 Å². The summed E-state index contributed by atoms with van der Waals surface area (Å²) in [5.74, 6) is -1.47. The van der Waals surface area contributed by atoms with Gasteiger partial charge < -0.3 is 4.74 Å². The van der Waals surface area contributed by atoms with Crippen molar-refractivity contribution in [3.63, 3.8) is 0 Å². The molecule has 158 valence electrons. The molecule has 4 rings (SSSR count). The van der Waals surface area contributed by atoms with Crippen molar-refractivity contribution in [2.45, 2.75) is 44.5 Å². The molecule has 0 bridgehead atoms. The summed E-state index contributed by atoms with van der Waals surface area (Å²) in [6.07, 6.45) is 0.481. The van der Waals surface area contributed by atoms with Crippen molar-refractivity contribution < 1.29 is 22.3 Å². The number of likely N-dealkylation sites (tertiary alicyclic amines) is 1. The summed E-state index contributed by atoms with van der Waals surface area (Å²) in [7, 11) is 0. The van der Waals surface area contributed by atoms with Gasteiger partial charge in [-0.1, -0.05) is 11.6 Å². The normalized spacial score (nSPS) is 21.8. The Hall–Kier alpha value is -1.71. The summed E-state index contributed by atoms with van der Waals surface area (Å²) < 4.78 is 59.5. The highest BCUT2D eigenvalue weighted by Gasteiger charge is 2.41. The minimum Gasteiger partial charge on any atom is -0.372 e. The standard InChI is InChI=1S/C19H21ClF4N4O/c20-14-8-17(25-9-15(14)21)28-11-12(18(26-28)16-2-1-7-29-16)10-27-5-3-13(4-6-27)19(22,23)24/h8-9,11,13,16H,1-7,10H2. The van der Waals surface area contributed by atoms with Crippen LogP contribution in [-0.4, -0.2) is 45.5 Å². The predicted molar refractivity (Wildman–Crippen MR) is 98.3 cm³/mol.